The van der Waals surface area contributed by atoms with E-state index in [0.29, 0.717) is 5.41 Å². The lowest BCUT2D eigenvalue weighted by Gasteiger charge is -2.46. The van der Waals surface area contributed by atoms with E-state index in [1.165, 1.54) is 32.1 Å². The number of carbonyl (C=O) groups is 1. The second-order valence-electron chi connectivity index (χ2n) is 6.82. The van der Waals surface area contributed by atoms with E-state index in [9.17, 15) is 4.79 Å². The highest BCUT2D eigenvalue weighted by Crippen LogP contribution is 2.43. The van der Waals surface area contributed by atoms with Crippen LogP contribution in [0.1, 0.15) is 65.7 Å². The van der Waals surface area contributed by atoms with Crippen molar-refractivity contribution < 1.29 is 4.79 Å². The Kier molecular flexibility index (Phi) is 3.02. The van der Waals surface area contributed by atoms with Gasteiger partial charge in [0, 0.05) is 12.0 Å². The number of nitrogens with one attached hydrogen (secondary N) is 1. The van der Waals surface area contributed by atoms with Crippen LogP contribution in [-0.2, 0) is 4.79 Å². The third-order valence-electron chi connectivity index (χ3n) is 4.63. The Hall–Kier alpha value is -0.530. The van der Waals surface area contributed by atoms with Gasteiger partial charge >= 0.3 is 0 Å². The van der Waals surface area contributed by atoms with Gasteiger partial charge in [0.2, 0.25) is 5.91 Å². The van der Waals surface area contributed by atoms with Crippen LogP contribution in [0.25, 0.3) is 0 Å². The molecule has 2 heteroatoms. The van der Waals surface area contributed by atoms with Gasteiger partial charge in [-0.1, -0.05) is 20.8 Å². The van der Waals surface area contributed by atoms with Gasteiger partial charge in [-0.05, 0) is 49.9 Å². The number of piperidine rings is 1. The average Bonchev–Trinajstić information content (AvgIpc) is 2.16. The molecule has 0 bridgehead atoms. The van der Waals surface area contributed by atoms with Crippen LogP contribution in [0.15, 0.2) is 0 Å². The molecule has 2 fully saturated rings. The molecule has 0 aromatic heterocycles. The third kappa shape index (κ3) is 2.41. The first-order valence-corrected chi connectivity index (χ1v) is 6.72. The maximum absolute atomic E-state index is 11.5. The lowest BCUT2D eigenvalue weighted by atomic mass is 9.65. The topological polar surface area (TPSA) is 29.1 Å². The van der Waals surface area contributed by atoms with Crippen LogP contribution in [0, 0.1) is 11.3 Å². The van der Waals surface area contributed by atoms with E-state index in [0.717, 1.165) is 18.8 Å². The fourth-order valence-electron chi connectivity index (χ4n) is 3.42. The van der Waals surface area contributed by atoms with Gasteiger partial charge in [0.15, 0.2) is 0 Å². The number of hydrogen-bond acceptors (Lipinski definition) is 1. The second kappa shape index (κ2) is 4.05. The van der Waals surface area contributed by atoms with Gasteiger partial charge < -0.3 is 5.32 Å². The average molecular weight is 223 g/mol. The van der Waals surface area contributed by atoms with Crippen molar-refractivity contribution in [2.75, 3.05) is 0 Å². The molecule has 2 rings (SSSR count). The Morgan fingerprint density at radius 2 is 1.81 bits per heavy atom. The SMILES string of the molecule is CC(C)(C)C1CCC2(CCCC(=O)N2)CC1. The summed E-state index contributed by atoms with van der Waals surface area (Å²) >= 11 is 0. The number of amides is 1. The van der Waals surface area contributed by atoms with Crippen molar-refractivity contribution in [3.8, 4) is 0 Å². The predicted octanol–water partition coefficient (Wildman–Crippen LogP) is 3.26. The summed E-state index contributed by atoms with van der Waals surface area (Å²) in [5.41, 5.74) is 0.609. The second-order valence-corrected chi connectivity index (χ2v) is 6.82. The molecule has 1 spiro atoms. The highest BCUT2D eigenvalue weighted by atomic mass is 16.1. The summed E-state index contributed by atoms with van der Waals surface area (Å²) < 4.78 is 0. The van der Waals surface area contributed by atoms with Crippen LogP contribution in [0.2, 0.25) is 0 Å². The van der Waals surface area contributed by atoms with Crippen LogP contribution in [-0.4, -0.2) is 11.4 Å². The zero-order valence-electron chi connectivity index (χ0n) is 10.9. The molecule has 1 N–H and O–H groups in total. The van der Waals surface area contributed by atoms with Gasteiger partial charge in [-0.25, -0.2) is 0 Å². The van der Waals surface area contributed by atoms with Crippen molar-refractivity contribution in [2.45, 2.75) is 71.3 Å². The third-order valence-corrected chi connectivity index (χ3v) is 4.63. The minimum absolute atomic E-state index is 0.178. The standard InChI is InChI=1S/C14H25NO/c1-13(2,3)11-6-9-14(10-7-11)8-4-5-12(16)15-14/h11H,4-10H2,1-3H3,(H,15,16). The number of rotatable bonds is 0. The lowest BCUT2D eigenvalue weighted by molar-refractivity contribution is -0.126. The Morgan fingerprint density at radius 1 is 1.19 bits per heavy atom. The molecule has 2 aliphatic rings. The largest absolute Gasteiger partial charge is 0.351 e. The molecule has 1 amide bonds. The van der Waals surface area contributed by atoms with E-state index in [4.69, 9.17) is 0 Å². The van der Waals surface area contributed by atoms with Gasteiger partial charge in [-0.15, -0.1) is 0 Å². The van der Waals surface area contributed by atoms with Crippen LogP contribution >= 0.6 is 0 Å². The van der Waals surface area contributed by atoms with Gasteiger partial charge in [-0.3, -0.25) is 4.79 Å². The number of hydrogen-bond donors (Lipinski definition) is 1. The molecule has 2 nitrogen and oxygen atoms in total. The molecule has 0 atom stereocenters. The summed E-state index contributed by atoms with van der Waals surface area (Å²) in [5, 5.41) is 3.26. The Morgan fingerprint density at radius 3 is 2.31 bits per heavy atom. The van der Waals surface area contributed by atoms with E-state index in [-0.39, 0.29) is 11.4 Å². The molecule has 1 heterocycles. The molecule has 1 aliphatic carbocycles. The molecule has 0 aromatic rings. The van der Waals surface area contributed by atoms with Crippen molar-refractivity contribution in [2.24, 2.45) is 11.3 Å². The first kappa shape index (κ1) is 11.9. The molecule has 1 aliphatic heterocycles. The van der Waals surface area contributed by atoms with E-state index < -0.39 is 0 Å². The number of carbonyl (C=O) groups excluding carboxylic acids is 1. The first-order chi connectivity index (χ1) is 7.41. The predicted molar refractivity (Wildman–Crippen MR) is 66.1 cm³/mol. The molecular formula is C14H25NO. The lowest BCUT2D eigenvalue weighted by Crippen LogP contribution is -2.53. The van der Waals surface area contributed by atoms with Crippen molar-refractivity contribution in [3.05, 3.63) is 0 Å². The summed E-state index contributed by atoms with van der Waals surface area (Å²) in [5.74, 6) is 1.11. The molecule has 92 valence electrons. The van der Waals surface area contributed by atoms with Crippen LogP contribution in [0.4, 0.5) is 0 Å². The summed E-state index contributed by atoms with van der Waals surface area (Å²) in [7, 11) is 0. The maximum Gasteiger partial charge on any atom is 0.220 e. The van der Waals surface area contributed by atoms with Gasteiger partial charge in [0.05, 0.1) is 0 Å². The van der Waals surface area contributed by atoms with E-state index in [2.05, 4.69) is 26.1 Å². The fraction of sp³-hybridized carbons (Fsp3) is 0.929. The normalized spacial score (nSPS) is 36.2. The zero-order chi connectivity index (χ0) is 11.8. The van der Waals surface area contributed by atoms with Crippen molar-refractivity contribution >= 4 is 5.91 Å². The maximum atomic E-state index is 11.5. The van der Waals surface area contributed by atoms with Gasteiger partial charge in [0.1, 0.15) is 0 Å². The molecule has 1 saturated heterocycles. The van der Waals surface area contributed by atoms with Crippen LogP contribution < -0.4 is 5.32 Å². The van der Waals surface area contributed by atoms with E-state index >= 15 is 0 Å². The minimum atomic E-state index is 0.178. The summed E-state index contributed by atoms with van der Waals surface area (Å²) in [6.07, 6.45) is 7.99. The first-order valence-electron chi connectivity index (χ1n) is 6.72. The zero-order valence-corrected chi connectivity index (χ0v) is 10.9. The minimum Gasteiger partial charge on any atom is -0.351 e. The molecule has 0 unspecified atom stereocenters. The van der Waals surface area contributed by atoms with Gasteiger partial charge in [0.25, 0.3) is 0 Å². The Bertz CT molecular complexity index is 269. The Labute approximate surface area is 99.2 Å². The van der Waals surface area contributed by atoms with E-state index in [1.54, 1.807) is 0 Å². The summed E-state index contributed by atoms with van der Waals surface area (Å²) in [4.78, 5) is 11.5. The van der Waals surface area contributed by atoms with Crippen LogP contribution in [0.3, 0.4) is 0 Å². The van der Waals surface area contributed by atoms with E-state index in [1.807, 2.05) is 0 Å². The van der Waals surface area contributed by atoms with Crippen molar-refractivity contribution in [1.82, 2.24) is 5.32 Å². The molecule has 0 radical (unpaired) electrons. The van der Waals surface area contributed by atoms with Crippen LogP contribution in [0.5, 0.6) is 0 Å². The molecule has 1 saturated carbocycles. The highest BCUT2D eigenvalue weighted by Gasteiger charge is 2.40. The summed E-state index contributed by atoms with van der Waals surface area (Å²) in [6.45, 7) is 7.03. The monoisotopic (exact) mass is 223 g/mol. The highest BCUT2D eigenvalue weighted by molar-refractivity contribution is 5.77. The molecule has 0 aromatic carbocycles. The summed E-state index contributed by atoms with van der Waals surface area (Å²) in [6, 6.07) is 0. The fourth-order valence-corrected chi connectivity index (χ4v) is 3.42. The molecular weight excluding hydrogens is 198 g/mol. The quantitative estimate of drug-likeness (QED) is 0.671. The Balaban J connectivity index is 1.96. The van der Waals surface area contributed by atoms with Crippen molar-refractivity contribution in [1.29, 1.82) is 0 Å². The molecule has 16 heavy (non-hydrogen) atoms. The smallest absolute Gasteiger partial charge is 0.220 e. The van der Waals surface area contributed by atoms with Crippen molar-refractivity contribution in [3.63, 3.8) is 0 Å². The van der Waals surface area contributed by atoms with Gasteiger partial charge in [-0.2, -0.15) is 0 Å².